The van der Waals surface area contributed by atoms with Gasteiger partial charge < -0.3 is 15.4 Å². The number of benzene rings is 2. The molecule has 134 valence electrons. The minimum absolute atomic E-state index is 0. The molecule has 0 aromatic heterocycles. The number of nitrogens with zero attached hydrogens (tertiary/aromatic N) is 1. The Labute approximate surface area is 155 Å². The Bertz CT molecular complexity index is 706. The van der Waals surface area contributed by atoms with E-state index in [4.69, 9.17) is 10.5 Å². The zero-order valence-corrected chi connectivity index (χ0v) is 15.3. The van der Waals surface area contributed by atoms with Crippen molar-refractivity contribution in [3.05, 3.63) is 59.7 Å². The second kappa shape index (κ2) is 8.88. The summed E-state index contributed by atoms with van der Waals surface area (Å²) in [5.41, 5.74) is 8.96. The molecule has 0 saturated heterocycles. The van der Waals surface area contributed by atoms with Crippen molar-refractivity contribution >= 4 is 24.0 Å². The topological polar surface area (TPSA) is 55.6 Å². The van der Waals surface area contributed by atoms with E-state index < -0.39 is 0 Å². The Morgan fingerprint density at radius 2 is 2.00 bits per heavy atom. The molecule has 2 N–H and O–H groups in total. The number of hydrogen-bond donors (Lipinski definition) is 1. The van der Waals surface area contributed by atoms with E-state index in [1.165, 1.54) is 5.56 Å². The summed E-state index contributed by atoms with van der Waals surface area (Å²) in [5.74, 6) is 0.806. The van der Waals surface area contributed by atoms with E-state index in [1.807, 2.05) is 54.3 Å². The first-order valence-corrected chi connectivity index (χ1v) is 8.50. The minimum atomic E-state index is -0.148. The number of carbonyl (C=O) groups excluding carboxylic acids is 1. The third-order valence-electron chi connectivity index (χ3n) is 4.46. The van der Waals surface area contributed by atoms with E-state index in [0.29, 0.717) is 13.2 Å². The lowest BCUT2D eigenvalue weighted by atomic mass is 9.99. The molecule has 4 nitrogen and oxygen atoms in total. The summed E-state index contributed by atoms with van der Waals surface area (Å²) in [4.78, 5) is 14.4. The number of halogens is 1. The first kappa shape index (κ1) is 19.3. The molecule has 0 spiro atoms. The third kappa shape index (κ3) is 4.53. The quantitative estimate of drug-likeness (QED) is 0.886. The predicted octanol–water partition coefficient (Wildman–Crippen LogP) is 3.56. The normalized spacial score (nSPS) is 14.2. The molecule has 1 aliphatic heterocycles. The molecule has 0 aliphatic carbocycles. The van der Waals surface area contributed by atoms with Crippen molar-refractivity contribution in [2.24, 2.45) is 11.7 Å². The molecule has 0 fully saturated rings. The maximum absolute atomic E-state index is 12.5. The number of rotatable bonds is 5. The number of aryl methyl sites for hydroxylation is 1. The monoisotopic (exact) mass is 360 g/mol. The van der Waals surface area contributed by atoms with Crippen LogP contribution in [0.1, 0.15) is 24.5 Å². The van der Waals surface area contributed by atoms with Gasteiger partial charge in [0.05, 0.1) is 0 Å². The van der Waals surface area contributed by atoms with Crippen LogP contribution in [0.3, 0.4) is 0 Å². The van der Waals surface area contributed by atoms with Crippen molar-refractivity contribution < 1.29 is 9.53 Å². The molecule has 2 aromatic rings. The second-order valence-electron chi connectivity index (χ2n) is 6.29. The zero-order chi connectivity index (χ0) is 16.9. The number of ether oxygens (including phenoxy) is 1. The van der Waals surface area contributed by atoms with E-state index in [-0.39, 0.29) is 24.2 Å². The highest BCUT2D eigenvalue weighted by atomic mass is 35.5. The van der Waals surface area contributed by atoms with Gasteiger partial charge in [-0.1, -0.05) is 37.3 Å². The fourth-order valence-corrected chi connectivity index (χ4v) is 3.00. The van der Waals surface area contributed by atoms with Crippen molar-refractivity contribution in [2.45, 2.75) is 26.4 Å². The number of nitrogens with two attached hydrogens (primary N) is 1. The summed E-state index contributed by atoms with van der Waals surface area (Å²) in [6.45, 7) is 3.57. The largest absolute Gasteiger partial charge is 0.489 e. The van der Waals surface area contributed by atoms with Gasteiger partial charge >= 0.3 is 0 Å². The predicted molar refractivity (Wildman–Crippen MR) is 103 cm³/mol. The number of anilines is 1. The van der Waals surface area contributed by atoms with Crippen LogP contribution in [-0.4, -0.2) is 19.0 Å². The van der Waals surface area contributed by atoms with Crippen molar-refractivity contribution in [1.82, 2.24) is 0 Å². The maximum atomic E-state index is 12.5. The summed E-state index contributed by atoms with van der Waals surface area (Å²) in [6, 6.07) is 16.1. The van der Waals surface area contributed by atoms with Crippen LogP contribution in [0.4, 0.5) is 5.69 Å². The molecule has 1 unspecified atom stereocenters. The number of amides is 1. The summed E-state index contributed by atoms with van der Waals surface area (Å²) in [7, 11) is 0. The Morgan fingerprint density at radius 3 is 2.72 bits per heavy atom. The second-order valence-corrected chi connectivity index (χ2v) is 6.29. The third-order valence-corrected chi connectivity index (χ3v) is 4.46. The van der Waals surface area contributed by atoms with Gasteiger partial charge in [0.15, 0.2) is 0 Å². The Balaban J connectivity index is 0.00000225. The van der Waals surface area contributed by atoms with Crippen molar-refractivity contribution in [3.8, 4) is 5.75 Å². The van der Waals surface area contributed by atoms with Crippen molar-refractivity contribution in [3.63, 3.8) is 0 Å². The number of fused-ring (bicyclic) bond motifs is 1. The van der Waals surface area contributed by atoms with Crippen LogP contribution in [0.2, 0.25) is 0 Å². The fourth-order valence-electron chi connectivity index (χ4n) is 3.00. The summed E-state index contributed by atoms with van der Waals surface area (Å²) >= 11 is 0. The SMILES string of the molecule is CC(CN)C(=O)N1CCCc2cc(OCc3ccccc3)ccc21.Cl. The maximum Gasteiger partial charge on any atom is 0.231 e. The van der Waals surface area contributed by atoms with Gasteiger partial charge in [-0.25, -0.2) is 0 Å². The highest BCUT2D eigenvalue weighted by Crippen LogP contribution is 2.31. The smallest absolute Gasteiger partial charge is 0.231 e. The minimum Gasteiger partial charge on any atom is -0.489 e. The lowest BCUT2D eigenvalue weighted by Crippen LogP contribution is -2.41. The molecule has 1 amide bonds. The molecule has 1 aliphatic rings. The summed E-state index contributed by atoms with van der Waals surface area (Å²) < 4.78 is 5.90. The van der Waals surface area contributed by atoms with Crippen LogP contribution in [0.15, 0.2) is 48.5 Å². The van der Waals surface area contributed by atoms with Crippen molar-refractivity contribution in [1.29, 1.82) is 0 Å². The van der Waals surface area contributed by atoms with Gasteiger partial charge in [0.1, 0.15) is 12.4 Å². The molecule has 25 heavy (non-hydrogen) atoms. The molecule has 3 rings (SSSR count). The molecule has 1 atom stereocenters. The Kier molecular flexibility index (Phi) is 6.85. The van der Waals surface area contributed by atoms with Crippen LogP contribution < -0.4 is 15.4 Å². The average molecular weight is 361 g/mol. The van der Waals surface area contributed by atoms with Crippen LogP contribution in [0, 0.1) is 5.92 Å². The fraction of sp³-hybridized carbons (Fsp3) is 0.350. The molecular weight excluding hydrogens is 336 g/mol. The van der Waals surface area contributed by atoms with Gasteiger partial charge in [0, 0.05) is 24.7 Å². The van der Waals surface area contributed by atoms with E-state index in [9.17, 15) is 4.79 Å². The summed E-state index contributed by atoms with van der Waals surface area (Å²) in [5, 5.41) is 0. The Hall–Kier alpha value is -2.04. The standard InChI is InChI=1S/C20H24N2O2.ClH/c1-15(13-21)20(23)22-11-5-8-17-12-18(9-10-19(17)22)24-14-16-6-3-2-4-7-16;/h2-4,6-7,9-10,12,15H,5,8,11,13-14,21H2,1H3;1H. The molecular formula is C20H25ClN2O2. The first-order valence-electron chi connectivity index (χ1n) is 8.50. The van der Waals surface area contributed by atoms with Crippen LogP contribution in [-0.2, 0) is 17.8 Å². The number of carbonyl (C=O) groups is 1. The Morgan fingerprint density at radius 1 is 1.24 bits per heavy atom. The van der Waals surface area contributed by atoms with Gasteiger partial charge in [0.25, 0.3) is 0 Å². The van der Waals surface area contributed by atoms with E-state index in [0.717, 1.165) is 36.4 Å². The molecule has 1 heterocycles. The molecule has 0 saturated carbocycles. The summed E-state index contributed by atoms with van der Waals surface area (Å²) in [6.07, 6.45) is 1.94. The lowest BCUT2D eigenvalue weighted by molar-refractivity contribution is -0.121. The molecule has 0 bridgehead atoms. The van der Waals surface area contributed by atoms with Gasteiger partial charge in [-0.2, -0.15) is 0 Å². The average Bonchev–Trinajstić information content (AvgIpc) is 2.65. The highest BCUT2D eigenvalue weighted by Gasteiger charge is 2.25. The van der Waals surface area contributed by atoms with E-state index in [2.05, 4.69) is 6.07 Å². The zero-order valence-electron chi connectivity index (χ0n) is 14.5. The highest BCUT2D eigenvalue weighted by molar-refractivity contribution is 5.96. The molecule has 0 radical (unpaired) electrons. The van der Waals surface area contributed by atoms with Gasteiger partial charge in [-0.15, -0.1) is 12.4 Å². The molecule has 5 heteroatoms. The van der Waals surface area contributed by atoms with Crippen molar-refractivity contribution in [2.75, 3.05) is 18.0 Å². The van der Waals surface area contributed by atoms with Crippen LogP contribution in [0.25, 0.3) is 0 Å². The number of hydrogen-bond acceptors (Lipinski definition) is 3. The molecule has 2 aromatic carbocycles. The van der Waals surface area contributed by atoms with Gasteiger partial charge in [-0.3, -0.25) is 4.79 Å². The van der Waals surface area contributed by atoms with Gasteiger partial charge in [0.2, 0.25) is 5.91 Å². The van der Waals surface area contributed by atoms with E-state index in [1.54, 1.807) is 0 Å². The van der Waals surface area contributed by atoms with Crippen LogP contribution in [0.5, 0.6) is 5.75 Å². The van der Waals surface area contributed by atoms with Gasteiger partial charge in [-0.05, 0) is 42.2 Å². The first-order chi connectivity index (χ1) is 11.7. The van der Waals surface area contributed by atoms with E-state index >= 15 is 0 Å². The lowest BCUT2D eigenvalue weighted by Gasteiger charge is -2.31. The van der Waals surface area contributed by atoms with Crippen LogP contribution >= 0.6 is 12.4 Å².